The topological polar surface area (TPSA) is 99.2 Å². The van der Waals surface area contributed by atoms with Gasteiger partial charge in [0, 0.05) is 43.4 Å². The third kappa shape index (κ3) is 4.03. The lowest BCUT2D eigenvalue weighted by Gasteiger charge is -2.30. The van der Waals surface area contributed by atoms with Crippen molar-refractivity contribution in [2.75, 3.05) is 26.0 Å². The van der Waals surface area contributed by atoms with Crippen LogP contribution in [0.4, 0.5) is 5.82 Å². The number of nitrogen functional groups attached to an aromatic ring is 1. The molecule has 2 N–H and O–H groups in total. The summed E-state index contributed by atoms with van der Waals surface area (Å²) in [6.45, 7) is 3.38. The molecule has 8 heteroatoms. The molecular formula is C28H32N6O2. The number of ether oxygens (including phenoxy) is 1. The first-order valence-electron chi connectivity index (χ1n) is 12.5. The quantitative estimate of drug-likeness (QED) is 0.554. The molecule has 3 aromatic heterocycles. The minimum Gasteiger partial charge on any atom is -0.383 e. The normalized spacial score (nSPS) is 19.9. The number of pyridine rings is 1. The Morgan fingerprint density at radius 3 is 2.83 bits per heavy atom. The Kier molecular flexibility index (Phi) is 6.50. The summed E-state index contributed by atoms with van der Waals surface area (Å²) in [5, 5.41) is 0.839. The van der Waals surface area contributed by atoms with E-state index in [2.05, 4.69) is 31.5 Å². The molecular weight excluding hydrogens is 452 g/mol. The minimum absolute atomic E-state index is 0.0171. The van der Waals surface area contributed by atoms with Gasteiger partial charge in [-0.2, -0.15) is 0 Å². The first kappa shape index (κ1) is 24.0. The Morgan fingerprint density at radius 2 is 2.14 bits per heavy atom. The van der Waals surface area contributed by atoms with Gasteiger partial charge in [-0.25, -0.2) is 15.0 Å². The van der Waals surface area contributed by atoms with E-state index in [0.29, 0.717) is 24.5 Å². The summed E-state index contributed by atoms with van der Waals surface area (Å²) < 4.78 is 7.41. The number of nitrogens with zero attached hydrogens (tertiary/aromatic N) is 5. The molecule has 0 unspecified atom stereocenters. The van der Waals surface area contributed by atoms with Gasteiger partial charge in [0.25, 0.3) is 0 Å². The number of likely N-dealkylation sites (tertiary alicyclic amines) is 1. The molecule has 0 aromatic carbocycles. The second-order valence-corrected chi connectivity index (χ2v) is 9.70. The maximum Gasteiger partial charge on any atom is 0.226 e. The Balaban J connectivity index is 1.55. The number of aromatic nitrogens is 4. The molecule has 0 radical (unpaired) electrons. The third-order valence-corrected chi connectivity index (χ3v) is 7.59. The number of hydrogen-bond acceptors (Lipinski definition) is 6. The number of amides is 1. The molecule has 3 aromatic rings. The summed E-state index contributed by atoms with van der Waals surface area (Å²) in [7, 11) is 3.69. The summed E-state index contributed by atoms with van der Waals surface area (Å²) in [4.78, 5) is 28.8. The highest BCUT2D eigenvalue weighted by Gasteiger charge is 2.34. The predicted molar refractivity (Wildman–Crippen MR) is 141 cm³/mol. The fourth-order valence-electron chi connectivity index (χ4n) is 5.81. The van der Waals surface area contributed by atoms with Crippen molar-refractivity contribution in [3.05, 3.63) is 41.5 Å². The Morgan fingerprint density at radius 1 is 1.31 bits per heavy atom. The van der Waals surface area contributed by atoms with Crippen LogP contribution < -0.4 is 5.73 Å². The van der Waals surface area contributed by atoms with Crippen LogP contribution in [0.5, 0.6) is 0 Å². The van der Waals surface area contributed by atoms with Gasteiger partial charge < -0.3 is 19.9 Å². The van der Waals surface area contributed by atoms with E-state index < -0.39 is 0 Å². The van der Waals surface area contributed by atoms with Crippen molar-refractivity contribution in [1.82, 2.24) is 24.4 Å². The number of aryl methyl sites for hydroxylation is 2. The number of carbonyl (C=O) groups excluding carboxylic acids is 1. The summed E-state index contributed by atoms with van der Waals surface area (Å²) in [6, 6.07) is 4.06. The van der Waals surface area contributed by atoms with Crippen molar-refractivity contribution < 1.29 is 9.53 Å². The molecule has 0 saturated carbocycles. The number of fused-ring (bicyclic) bond motifs is 1. The lowest BCUT2D eigenvalue weighted by Crippen LogP contribution is -2.42. The van der Waals surface area contributed by atoms with E-state index in [-0.39, 0.29) is 17.9 Å². The van der Waals surface area contributed by atoms with Crippen LogP contribution in [0.2, 0.25) is 0 Å². The zero-order valence-electron chi connectivity index (χ0n) is 21.1. The fraction of sp³-hybridized carbons (Fsp3) is 0.429. The largest absolute Gasteiger partial charge is 0.383 e. The first-order chi connectivity index (χ1) is 17.4. The molecule has 8 nitrogen and oxygen atoms in total. The molecule has 4 heterocycles. The van der Waals surface area contributed by atoms with Crippen LogP contribution in [0.1, 0.15) is 49.1 Å². The van der Waals surface area contributed by atoms with E-state index in [9.17, 15) is 4.79 Å². The van der Waals surface area contributed by atoms with Crippen molar-refractivity contribution >= 4 is 28.3 Å². The van der Waals surface area contributed by atoms with Crippen LogP contribution in [-0.2, 0) is 16.6 Å². The van der Waals surface area contributed by atoms with Gasteiger partial charge in [-0.15, -0.1) is 6.42 Å². The molecule has 1 saturated heterocycles. The second kappa shape index (κ2) is 9.75. The highest BCUT2D eigenvalue weighted by atomic mass is 16.5. The number of methoxy groups -OCH3 is 1. The lowest BCUT2D eigenvalue weighted by atomic mass is 9.84. The molecule has 2 atom stereocenters. The minimum atomic E-state index is -0.0171. The van der Waals surface area contributed by atoms with Crippen molar-refractivity contribution in [1.29, 1.82) is 0 Å². The monoisotopic (exact) mass is 484 g/mol. The zero-order valence-corrected chi connectivity index (χ0v) is 21.1. The van der Waals surface area contributed by atoms with Crippen LogP contribution in [0.25, 0.3) is 27.9 Å². The van der Waals surface area contributed by atoms with E-state index in [1.54, 1.807) is 7.11 Å². The van der Waals surface area contributed by atoms with Gasteiger partial charge in [0.2, 0.25) is 5.91 Å². The van der Waals surface area contributed by atoms with E-state index >= 15 is 0 Å². The summed E-state index contributed by atoms with van der Waals surface area (Å²) in [6.07, 6.45) is 13.6. The van der Waals surface area contributed by atoms with Crippen molar-refractivity contribution in [2.45, 2.75) is 45.1 Å². The molecule has 1 amide bonds. The van der Waals surface area contributed by atoms with Crippen molar-refractivity contribution in [2.24, 2.45) is 13.0 Å². The summed E-state index contributed by atoms with van der Waals surface area (Å²) in [5.74, 6) is 3.28. The SMILES string of the molecule is C#Cc1ccc(-c2c(C3=CC[C@@H](C(=O)N4CCC[C@H]4COC)CC3)c3c(N)ncnc3n2C)c(C)n1. The number of carbonyl (C=O) groups is 1. The Hall–Kier alpha value is -3.70. The van der Waals surface area contributed by atoms with Crippen LogP contribution in [0, 0.1) is 25.2 Å². The highest BCUT2D eigenvalue weighted by Crippen LogP contribution is 2.43. The average Bonchev–Trinajstić information content (AvgIpc) is 3.47. The summed E-state index contributed by atoms with van der Waals surface area (Å²) >= 11 is 0. The predicted octanol–water partition coefficient (Wildman–Crippen LogP) is 3.72. The molecule has 186 valence electrons. The first-order valence-corrected chi connectivity index (χ1v) is 12.5. The fourth-order valence-corrected chi connectivity index (χ4v) is 5.81. The Bertz CT molecular complexity index is 1400. The smallest absolute Gasteiger partial charge is 0.226 e. The molecule has 36 heavy (non-hydrogen) atoms. The van der Waals surface area contributed by atoms with Gasteiger partial charge in [0.15, 0.2) is 0 Å². The number of terminal acetylenes is 1. The number of allylic oxidation sites excluding steroid dienone is 2. The average molecular weight is 485 g/mol. The molecule has 1 aliphatic carbocycles. The van der Waals surface area contributed by atoms with Gasteiger partial charge in [-0.1, -0.05) is 12.0 Å². The van der Waals surface area contributed by atoms with Gasteiger partial charge in [0.1, 0.15) is 23.5 Å². The van der Waals surface area contributed by atoms with Gasteiger partial charge in [0.05, 0.1) is 23.7 Å². The van der Waals surface area contributed by atoms with Gasteiger partial charge in [-0.05, 0) is 56.7 Å². The third-order valence-electron chi connectivity index (χ3n) is 7.59. The van der Waals surface area contributed by atoms with Crippen LogP contribution in [0.15, 0.2) is 24.5 Å². The van der Waals surface area contributed by atoms with Crippen molar-refractivity contribution in [3.63, 3.8) is 0 Å². The molecule has 1 fully saturated rings. The van der Waals surface area contributed by atoms with Crippen LogP contribution >= 0.6 is 0 Å². The number of nitrogens with two attached hydrogens (primary N) is 1. The maximum atomic E-state index is 13.4. The van der Waals surface area contributed by atoms with E-state index in [1.165, 1.54) is 6.33 Å². The van der Waals surface area contributed by atoms with Crippen LogP contribution in [0.3, 0.4) is 0 Å². The molecule has 2 aliphatic rings. The Labute approximate surface area is 211 Å². The molecule has 5 rings (SSSR count). The standard InChI is InChI=1S/C28H32N6O2/c1-5-20-12-13-22(17(2)32-20)25-23(24-26(29)30-16-31-27(24)33(25)3)18-8-10-19(11-9-18)28(35)34-14-6-7-21(34)15-36-4/h1,8,12-13,16,19,21H,6-7,9-11,14-15H2,2-4H3,(H2,29,30,31)/t19-,21+/m1/s1. The van der Waals surface area contributed by atoms with E-state index in [1.807, 2.05) is 31.0 Å². The number of anilines is 1. The van der Waals surface area contributed by atoms with Gasteiger partial charge in [-0.3, -0.25) is 4.79 Å². The molecule has 0 spiro atoms. The lowest BCUT2D eigenvalue weighted by molar-refractivity contribution is -0.137. The highest BCUT2D eigenvalue weighted by molar-refractivity contribution is 6.04. The van der Waals surface area contributed by atoms with Crippen molar-refractivity contribution in [3.8, 4) is 23.6 Å². The maximum absolute atomic E-state index is 13.4. The zero-order chi connectivity index (χ0) is 25.4. The van der Waals surface area contributed by atoms with Crippen LogP contribution in [-0.4, -0.2) is 56.6 Å². The molecule has 0 bridgehead atoms. The summed E-state index contributed by atoms with van der Waals surface area (Å²) in [5.41, 5.74) is 12.8. The molecule has 1 aliphatic heterocycles. The van der Waals surface area contributed by atoms with Gasteiger partial charge >= 0.3 is 0 Å². The second-order valence-electron chi connectivity index (χ2n) is 9.70. The number of rotatable bonds is 5. The van der Waals surface area contributed by atoms with E-state index in [0.717, 1.165) is 71.3 Å². The number of hydrogen-bond donors (Lipinski definition) is 1. The van der Waals surface area contributed by atoms with E-state index in [4.69, 9.17) is 16.9 Å².